The van der Waals surface area contributed by atoms with Crippen LogP contribution in [0.3, 0.4) is 0 Å². The Morgan fingerprint density at radius 1 is 1.11 bits per heavy atom. The fourth-order valence-electron chi connectivity index (χ4n) is 3.79. The van der Waals surface area contributed by atoms with Crippen molar-refractivity contribution in [3.05, 3.63) is 82.6 Å². The third kappa shape index (κ3) is 3.78. The molecule has 2 aromatic carbocycles. The van der Waals surface area contributed by atoms with Gasteiger partial charge in [-0.05, 0) is 30.2 Å². The zero-order valence-corrected chi connectivity index (χ0v) is 16.7. The molecular formula is C23H23ClN2O2. The Hall–Kier alpha value is -2.72. The molecule has 1 amide bonds. The summed E-state index contributed by atoms with van der Waals surface area (Å²) in [4.78, 5) is 14.1. The molecule has 28 heavy (non-hydrogen) atoms. The fourth-order valence-corrected chi connectivity index (χ4v) is 3.92. The van der Waals surface area contributed by atoms with E-state index in [9.17, 15) is 4.79 Å². The number of halogens is 1. The lowest BCUT2D eigenvalue weighted by molar-refractivity contribution is 0.102. The average molecular weight is 395 g/mol. The van der Waals surface area contributed by atoms with E-state index in [4.69, 9.17) is 16.3 Å². The molecule has 1 aliphatic rings. The minimum atomic E-state index is -0.244. The van der Waals surface area contributed by atoms with Crippen molar-refractivity contribution in [2.45, 2.75) is 26.4 Å². The van der Waals surface area contributed by atoms with Gasteiger partial charge in [-0.2, -0.15) is 0 Å². The van der Waals surface area contributed by atoms with Crippen LogP contribution < -0.4 is 0 Å². The molecule has 0 saturated carbocycles. The number of hydrogen-bond donors (Lipinski definition) is 0. The lowest BCUT2D eigenvalue weighted by Gasteiger charge is -2.28. The highest BCUT2D eigenvalue weighted by Crippen LogP contribution is 2.33. The van der Waals surface area contributed by atoms with E-state index in [2.05, 4.69) is 35.0 Å². The van der Waals surface area contributed by atoms with Gasteiger partial charge in [0.05, 0.1) is 13.2 Å². The maximum Gasteiger partial charge on any atom is 0.410 e. The van der Waals surface area contributed by atoms with E-state index in [1.807, 2.05) is 37.3 Å². The predicted octanol–water partition coefficient (Wildman–Crippen LogP) is 5.37. The number of ether oxygens (including phenoxy) is 1. The van der Waals surface area contributed by atoms with Crippen LogP contribution in [0.15, 0.2) is 60.8 Å². The van der Waals surface area contributed by atoms with Crippen LogP contribution in [0.25, 0.3) is 11.1 Å². The maximum absolute atomic E-state index is 12.3. The molecule has 4 rings (SSSR count). The number of carbonyl (C=O) groups excluding carboxylic acids is 1. The normalized spacial score (nSPS) is 13.3. The molecule has 0 fully saturated rings. The number of benzene rings is 2. The van der Waals surface area contributed by atoms with Crippen LogP contribution in [-0.2, 0) is 24.2 Å². The summed E-state index contributed by atoms with van der Waals surface area (Å²) in [6.07, 6.45) is 2.77. The lowest BCUT2D eigenvalue weighted by atomic mass is 9.99. The molecule has 5 heteroatoms. The molecule has 0 unspecified atom stereocenters. The van der Waals surface area contributed by atoms with Crippen LogP contribution in [0.5, 0.6) is 0 Å². The number of amides is 1. The molecule has 1 aliphatic heterocycles. The second-order valence-corrected chi connectivity index (χ2v) is 7.40. The second kappa shape index (κ2) is 8.11. The third-order valence-electron chi connectivity index (χ3n) is 5.15. The highest BCUT2D eigenvalue weighted by atomic mass is 35.5. The molecule has 0 aliphatic carbocycles. The molecular weight excluding hydrogens is 372 g/mol. The third-order valence-corrected chi connectivity index (χ3v) is 5.40. The first-order valence-corrected chi connectivity index (χ1v) is 9.96. The van der Waals surface area contributed by atoms with E-state index >= 15 is 0 Å². The van der Waals surface area contributed by atoms with Gasteiger partial charge in [-0.1, -0.05) is 54.1 Å². The standard InChI is InChI=1S/C23H23ClN2O2/c1-2-28-23(27)25-13-12-22-21(16-25)20(18-8-10-19(24)11-9-18)15-26(22)14-17-6-4-3-5-7-17/h3-11,15H,2,12-14,16H2,1H3. The van der Waals surface area contributed by atoms with E-state index in [1.165, 1.54) is 16.8 Å². The smallest absolute Gasteiger partial charge is 0.410 e. The first-order valence-electron chi connectivity index (χ1n) is 9.58. The first-order chi connectivity index (χ1) is 13.7. The van der Waals surface area contributed by atoms with E-state index in [1.54, 1.807) is 4.90 Å². The molecule has 0 bridgehead atoms. The van der Waals surface area contributed by atoms with Gasteiger partial charge in [0.15, 0.2) is 0 Å². The number of carbonyl (C=O) groups is 1. The summed E-state index contributed by atoms with van der Waals surface area (Å²) in [5.41, 5.74) is 6.00. The Labute approximate surface area is 170 Å². The minimum Gasteiger partial charge on any atom is -0.450 e. The summed E-state index contributed by atoms with van der Waals surface area (Å²) in [6.45, 7) is 4.28. The zero-order valence-electron chi connectivity index (χ0n) is 15.9. The summed E-state index contributed by atoms with van der Waals surface area (Å²) >= 11 is 6.08. The van der Waals surface area contributed by atoms with Crippen LogP contribution in [0.4, 0.5) is 4.79 Å². The van der Waals surface area contributed by atoms with Crippen molar-refractivity contribution in [2.75, 3.05) is 13.2 Å². The van der Waals surface area contributed by atoms with Gasteiger partial charge in [0.1, 0.15) is 0 Å². The lowest BCUT2D eigenvalue weighted by Crippen LogP contribution is -2.36. The predicted molar refractivity (Wildman–Crippen MR) is 112 cm³/mol. The Morgan fingerprint density at radius 2 is 1.86 bits per heavy atom. The average Bonchev–Trinajstić information content (AvgIpc) is 3.07. The molecule has 3 aromatic rings. The van der Waals surface area contributed by atoms with Crippen LogP contribution in [0, 0.1) is 0 Å². The van der Waals surface area contributed by atoms with Crippen molar-refractivity contribution in [2.24, 2.45) is 0 Å². The van der Waals surface area contributed by atoms with Crippen molar-refractivity contribution in [1.82, 2.24) is 9.47 Å². The maximum atomic E-state index is 12.3. The molecule has 4 nitrogen and oxygen atoms in total. The van der Waals surface area contributed by atoms with Gasteiger partial charge < -0.3 is 14.2 Å². The number of nitrogens with zero attached hydrogens (tertiary/aromatic N) is 2. The molecule has 0 saturated heterocycles. The number of aromatic nitrogens is 1. The van der Waals surface area contributed by atoms with Crippen LogP contribution >= 0.6 is 11.6 Å². The van der Waals surface area contributed by atoms with Crippen molar-refractivity contribution >= 4 is 17.7 Å². The Morgan fingerprint density at radius 3 is 2.57 bits per heavy atom. The monoisotopic (exact) mass is 394 g/mol. The van der Waals surface area contributed by atoms with E-state index < -0.39 is 0 Å². The number of fused-ring (bicyclic) bond motifs is 1. The van der Waals surface area contributed by atoms with Gasteiger partial charge in [-0.15, -0.1) is 0 Å². The van der Waals surface area contributed by atoms with Crippen LogP contribution in [0.2, 0.25) is 5.02 Å². The highest BCUT2D eigenvalue weighted by Gasteiger charge is 2.27. The molecule has 0 N–H and O–H groups in total. The fraction of sp³-hybridized carbons (Fsp3) is 0.261. The van der Waals surface area contributed by atoms with E-state index in [0.29, 0.717) is 19.7 Å². The van der Waals surface area contributed by atoms with Gasteiger partial charge in [0, 0.05) is 47.6 Å². The van der Waals surface area contributed by atoms with Crippen molar-refractivity contribution < 1.29 is 9.53 Å². The largest absolute Gasteiger partial charge is 0.450 e. The molecule has 1 aromatic heterocycles. The van der Waals surface area contributed by atoms with Gasteiger partial charge in [0.25, 0.3) is 0 Å². The quantitative estimate of drug-likeness (QED) is 0.596. The van der Waals surface area contributed by atoms with Crippen molar-refractivity contribution in [1.29, 1.82) is 0 Å². The number of hydrogen-bond acceptors (Lipinski definition) is 2. The van der Waals surface area contributed by atoms with E-state index in [0.717, 1.165) is 29.1 Å². The van der Waals surface area contributed by atoms with Gasteiger partial charge in [-0.3, -0.25) is 0 Å². The summed E-state index contributed by atoms with van der Waals surface area (Å²) in [5, 5.41) is 0.717. The topological polar surface area (TPSA) is 34.5 Å². The molecule has 0 radical (unpaired) electrons. The van der Waals surface area contributed by atoms with Gasteiger partial charge in [0.2, 0.25) is 0 Å². The summed E-state index contributed by atoms with van der Waals surface area (Å²) in [5.74, 6) is 0. The van der Waals surface area contributed by atoms with Gasteiger partial charge in [-0.25, -0.2) is 4.79 Å². The number of rotatable bonds is 4. The molecule has 0 spiro atoms. The van der Waals surface area contributed by atoms with Crippen LogP contribution in [0.1, 0.15) is 23.7 Å². The Balaban J connectivity index is 1.73. The summed E-state index contributed by atoms with van der Waals surface area (Å²) in [7, 11) is 0. The zero-order chi connectivity index (χ0) is 19.5. The molecule has 144 valence electrons. The first kappa shape index (κ1) is 18.6. The summed E-state index contributed by atoms with van der Waals surface area (Å²) in [6, 6.07) is 18.3. The Bertz CT molecular complexity index is 964. The summed E-state index contributed by atoms with van der Waals surface area (Å²) < 4.78 is 7.54. The van der Waals surface area contributed by atoms with Crippen molar-refractivity contribution in [3.8, 4) is 11.1 Å². The van der Waals surface area contributed by atoms with Gasteiger partial charge >= 0.3 is 6.09 Å². The second-order valence-electron chi connectivity index (χ2n) is 6.96. The van der Waals surface area contributed by atoms with Crippen LogP contribution in [-0.4, -0.2) is 28.7 Å². The Kier molecular flexibility index (Phi) is 5.40. The minimum absolute atomic E-state index is 0.244. The van der Waals surface area contributed by atoms with E-state index in [-0.39, 0.29) is 6.09 Å². The SMILES string of the molecule is CCOC(=O)N1CCc2c(c(-c3ccc(Cl)cc3)cn2Cc2ccccc2)C1. The van der Waals surface area contributed by atoms with Crippen molar-refractivity contribution in [3.63, 3.8) is 0 Å². The molecule has 0 atom stereocenters. The highest BCUT2D eigenvalue weighted by molar-refractivity contribution is 6.30. The molecule has 2 heterocycles.